The van der Waals surface area contributed by atoms with Gasteiger partial charge in [0.05, 0.1) is 0 Å². The monoisotopic (exact) mass is 195 g/mol. The molecule has 0 radical (unpaired) electrons. The number of hydrogen-bond acceptors (Lipinski definition) is 1. The van der Waals surface area contributed by atoms with Gasteiger partial charge in [-0.1, -0.05) is 19.8 Å². The van der Waals surface area contributed by atoms with E-state index in [9.17, 15) is 0 Å². The molecule has 0 aromatic rings. The van der Waals surface area contributed by atoms with Crippen molar-refractivity contribution in [2.24, 2.45) is 11.8 Å². The van der Waals surface area contributed by atoms with Crippen molar-refractivity contribution in [3.05, 3.63) is 0 Å². The summed E-state index contributed by atoms with van der Waals surface area (Å²) in [5, 5.41) is 3.89. The summed E-state index contributed by atoms with van der Waals surface area (Å²) in [6.07, 6.45) is 8.57. The largest absolute Gasteiger partial charge is 0.309 e. The molecule has 1 heteroatoms. The summed E-state index contributed by atoms with van der Waals surface area (Å²) in [4.78, 5) is 0. The molecule has 82 valence electrons. The Kier molecular flexibility index (Phi) is 2.88. The highest BCUT2D eigenvalue weighted by molar-refractivity contribution is 4.96. The van der Waals surface area contributed by atoms with E-state index in [2.05, 4.69) is 26.1 Å². The normalized spacial score (nSPS) is 34.5. The highest BCUT2D eigenvalue weighted by Gasteiger charge is 2.39. The van der Waals surface area contributed by atoms with Gasteiger partial charge in [-0.2, -0.15) is 0 Å². The van der Waals surface area contributed by atoms with Crippen LogP contribution >= 0.6 is 0 Å². The summed E-state index contributed by atoms with van der Waals surface area (Å²) in [5.74, 6) is 1.90. The van der Waals surface area contributed by atoms with Crippen molar-refractivity contribution in [2.45, 2.75) is 70.9 Å². The molecule has 0 aromatic carbocycles. The van der Waals surface area contributed by atoms with Gasteiger partial charge in [0.1, 0.15) is 0 Å². The van der Waals surface area contributed by atoms with Crippen molar-refractivity contribution < 1.29 is 0 Å². The molecule has 0 aliphatic heterocycles. The van der Waals surface area contributed by atoms with E-state index in [1.807, 2.05) is 0 Å². The Morgan fingerprint density at radius 3 is 2.36 bits per heavy atom. The second-order valence-corrected chi connectivity index (χ2v) is 6.11. The van der Waals surface area contributed by atoms with Crippen LogP contribution in [0.5, 0.6) is 0 Å². The Morgan fingerprint density at radius 2 is 1.79 bits per heavy atom. The van der Waals surface area contributed by atoms with E-state index in [1.165, 1.54) is 38.5 Å². The zero-order valence-corrected chi connectivity index (χ0v) is 9.97. The van der Waals surface area contributed by atoms with E-state index in [1.54, 1.807) is 0 Å². The maximum absolute atomic E-state index is 3.89. The molecule has 1 nitrogen and oxygen atoms in total. The van der Waals surface area contributed by atoms with Crippen molar-refractivity contribution >= 4 is 0 Å². The molecule has 2 aliphatic rings. The van der Waals surface area contributed by atoms with E-state index in [-0.39, 0.29) is 0 Å². The SMILES string of the molecule is CC1CCCC(NC(C)(C)C2CC2)C1. The van der Waals surface area contributed by atoms with Crippen LogP contribution in [-0.2, 0) is 0 Å². The van der Waals surface area contributed by atoms with Gasteiger partial charge in [-0.15, -0.1) is 0 Å². The fourth-order valence-corrected chi connectivity index (χ4v) is 3.01. The topological polar surface area (TPSA) is 12.0 Å². The predicted molar refractivity (Wildman–Crippen MR) is 61.4 cm³/mol. The van der Waals surface area contributed by atoms with Gasteiger partial charge in [0.25, 0.3) is 0 Å². The molecule has 2 atom stereocenters. The second-order valence-electron chi connectivity index (χ2n) is 6.11. The molecule has 0 bridgehead atoms. The standard InChI is InChI=1S/C13H25N/c1-10-5-4-6-12(9-10)14-13(2,3)11-7-8-11/h10-12,14H,4-9H2,1-3H3. The molecule has 0 aromatic heterocycles. The quantitative estimate of drug-likeness (QED) is 0.728. The van der Waals surface area contributed by atoms with Crippen LogP contribution in [0.3, 0.4) is 0 Å². The van der Waals surface area contributed by atoms with E-state index < -0.39 is 0 Å². The third kappa shape index (κ3) is 2.50. The summed E-state index contributed by atoms with van der Waals surface area (Å²) in [7, 11) is 0. The lowest BCUT2D eigenvalue weighted by Crippen LogP contribution is -2.49. The van der Waals surface area contributed by atoms with Crippen molar-refractivity contribution in [3.63, 3.8) is 0 Å². The average Bonchev–Trinajstić information content (AvgIpc) is 2.84. The first-order chi connectivity index (χ1) is 6.58. The molecule has 2 rings (SSSR count). The minimum atomic E-state index is 0.404. The van der Waals surface area contributed by atoms with E-state index in [0.717, 1.165) is 17.9 Å². The van der Waals surface area contributed by atoms with Crippen LogP contribution < -0.4 is 5.32 Å². The van der Waals surface area contributed by atoms with Crippen LogP contribution in [-0.4, -0.2) is 11.6 Å². The van der Waals surface area contributed by atoms with Gasteiger partial charge in [0.2, 0.25) is 0 Å². The van der Waals surface area contributed by atoms with E-state index in [4.69, 9.17) is 0 Å². The molecule has 2 aliphatic carbocycles. The number of rotatable bonds is 3. The molecule has 0 spiro atoms. The minimum Gasteiger partial charge on any atom is -0.309 e. The molecule has 2 unspecified atom stereocenters. The molecule has 2 fully saturated rings. The van der Waals surface area contributed by atoms with Crippen molar-refractivity contribution in [2.75, 3.05) is 0 Å². The third-order valence-electron chi connectivity index (χ3n) is 4.11. The second kappa shape index (κ2) is 3.84. The first kappa shape index (κ1) is 10.5. The Hall–Kier alpha value is -0.0400. The predicted octanol–water partition coefficient (Wildman–Crippen LogP) is 3.34. The Bertz CT molecular complexity index is 193. The van der Waals surface area contributed by atoms with Gasteiger partial charge in [0.15, 0.2) is 0 Å². The van der Waals surface area contributed by atoms with Crippen LogP contribution in [0.1, 0.15) is 59.3 Å². The fraction of sp³-hybridized carbons (Fsp3) is 1.00. The first-order valence-electron chi connectivity index (χ1n) is 6.35. The lowest BCUT2D eigenvalue weighted by molar-refractivity contribution is 0.226. The van der Waals surface area contributed by atoms with E-state index in [0.29, 0.717) is 5.54 Å². The molecular formula is C13H25N. The summed E-state index contributed by atoms with van der Waals surface area (Å²) >= 11 is 0. The summed E-state index contributed by atoms with van der Waals surface area (Å²) in [5.41, 5.74) is 0.404. The average molecular weight is 195 g/mol. The van der Waals surface area contributed by atoms with Gasteiger partial charge in [-0.25, -0.2) is 0 Å². The van der Waals surface area contributed by atoms with Crippen molar-refractivity contribution in [1.29, 1.82) is 0 Å². The maximum Gasteiger partial charge on any atom is 0.0155 e. The van der Waals surface area contributed by atoms with Crippen LogP contribution in [0.2, 0.25) is 0 Å². The van der Waals surface area contributed by atoms with Crippen LogP contribution in [0.15, 0.2) is 0 Å². The van der Waals surface area contributed by atoms with Gasteiger partial charge in [-0.05, 0) is 51.4 Å². The maximum atomic E-state index is 3.89. The van der Waals surface area contributed by atoms with Crippen molar-refractivity contribution in [1.82, 2.24) is 5.32 Å². The highest BCUT2D eigenvalue weighted by atomic mass is 15.0. The van der Waals surface area contributed by atoms with E-state index >= 15 is 0 Å². The Balaban J connectivity index is 1.83. The first-order valence-corrected chi connectivity index (χ1v) is 6.35. The molecule has 2 saturated carbocycles. The zero-order valence-electron chi connectivity index (χ0n) is 9.97. The van der Waals surface area contributed by atoms with Crippen molar-refractivity contribution in [3.8, 4) is 0 Å². The molecule has 14 heavy (non-hydrogen) atoms. The third-order valence-corrected chi connectivity index (χ3v) is 4.11. The highest BCUT2D eigenvalue weighted by Crippen LogP contribution is 2.40. The lowest BCUT2D eigenvalue weighted by atomic mass is 9.85. The molecular weight excluding hydrogens is 170 g/mol. The fourth-order valence-electron chi connectivity index (χ4n) is 3.01. The lowest BCUT2D eigenvalue weighted by Gasteiger charge is -2.36. The zero-order chi connectivity index (χ0) is 10.2. The molecule has 0 amide bonds. The summed E-state index contributed by atoms with van der Waals surface area (Å²) in [6.45, 7) is 7.19. The number of nitrogens with one attached hydrogen (secondary N) is 1. The summed E-state index contributed by atoms with van der Waals surface area (Å²) in [6, 6.07) is 0.800. The minimum absolute atomic E-state index is 0.404. The smallest absolute Gasteiger partial charge is 0.0155 e. The number of hydrogen-bond donors (Lipinski definition) is 1. The molecule has 0 saturated heterocycles. The van der Waals surface area contributed by atoms with Gasteiger partial charge in [-0.3, -0.25) is 0 Å². The Labute approximate surface area is 88.7 Å². The van der Waals surface area contributed by atoms with Gasteiger partial charge >= 0.3 is 0 Å². The van der Waals surface area contributed by atoms with Crippen LogP contribution in [0, 0.1) is 11.8 Å². The Morgan fingerprint density at radius 1 is 1.07 bits per heavy atom. The van der Waals surface area contributed by atoms with Crippen LogP contribution in [0.4, 0.5) is 0 Å². The summed E-state index contributed by atoms with van der Waals surface area (Å²) < 4.78 is 0. The molecule has 0 heterocycles. The molecule has 1 N–H and O–H groups in total. The van der Waals surface area contributed by atoms with Gasteiger partial charge < -0.3 is 5.32 Å². The van der Waals surface area contributed by atoms with Crippen LogP contribution in [0.25, 0.3) is 0 Å². The van der Waals surface area contributed by atoms with Gasteiger partial charge in [0, 0.05) is 11.6 Å².